The standard InChI is InChI=1S/C17H26N2O3/c1-11(2)9-10-16(20)18-19-17(21)14(5)22-15-8-6-7-12(3)13(15)4/h6-8,11,14H,9-10H2,1-5H3,(H,18,20)(H,19,21). The average Bonchev–Trinajstić information content (AvgIpc) is 2.47. The van der Waals surface area contributed by atoms with Crippen LogP contribution in [0.5, 0.6) is 5.75 Å². The van der Waals surface area contributed by atoms with Crippen molar-refractivity contribution in [3.05, 3.63) is 29.3 Å². The summed E-state index contributed by atoms with van der Waals surface area (Å²) >= 11 is 0. The molecular weight excluding hydrogens is 280 g/mol. The summed E-state index contributed by atoms with van der Waals surface area (Å²) in [4.78, 5) is 23.5. The SMILES string of the molecule is Cc1cccc(OC(C)C(=O)NNC(=O)CCC(C)C)c1C. The molecule has 1 atom stereocenters. The molecule has 0 spiro atoms. The molecule has 5 nitrogen and oxygen atoms in total. The second-order valence-corrected chi connectivity index (χ2v) is 5.93. The minimum absolute atomic E-state index is 0.194. The largest absolute Gasteiger partial charge is 0.481 e. The molecule has 2 amide bonds. The van der Waals surface area contributed by atoms with Gasteiger partial charge in [0.2, 0.25) is 5.91 Å². The van der Waals surface area contributed by atoms with Gasteiger partial charge in [0, 0.05) is 6.42 Å². The second kappa shape index (κ2) is 8.41. The Labute approximate surface area is 132 Å². The van der Waals surface area contributed by atoms with Gasteiger partial charge < -0.3 is 4.74 Å². The van der Waals surface area contributed by atoms with Crippen molar-refractivity contribution in [2.24, 2.45) is 5.92 Å². The third-order valence-electron chi connectivity index (χ3n) is 3.50. The van der Waals surface area contributed by atoms with Crippen LogP contribution in [0.1, 0.15) is 44.7 Å². The zero-order chi connectivity index (χ0) is 16.7. The number of hydrazine groups is 1. The van der Waals surface area contributed by atoms with Crippen molar-refractivity contribution in [3.8, 4) is 5.75 Å². The first-order valence-electron chi connectivity index (χ1n) is 7.62. The summed E-state index contributed by atoms with van der Waals surface area (Å²) in [6, 6.07) is 5.70. The number of nitrogens with one attached hydrogen (secondary N) is 2. The van der Waals surface area contributed by atoms with Gasteiger partial charge in [-0.05, 0) is 50.3 Å². The van der Waals surface area contributed by atoms with E-state index in [1.165, 1.54) is 0 Å². The first-order chi connectivity index (χ1) is 10.3. The predicted octanol–water partition coefficient (Wildman–Crippen LogP) is 2.65. The van der Waals surface area contributed by atoms with Crippen molar-refractivity contribution in [3.63, 3.8) is 0 Å². The van der Waals surface area contributed by atoms with E-state index in [2.05, 4.69) is 10.9 Å². The van der Waals surface area contributed by atoms with Crippen molar-refractivity contribution in [1.29, 1.82) is 0 Å². The lowest BCUT2D eigenvalue weighted by molar-refractivity contribution is -0.132. The number of benzene rings is 1. The molecule has 0 fully saturated rings. The summed E-state index contributed by atoms with van der Waals surface area (Å²) in [5.41, 5.74) is 6.92. The van der Waals surface area contributed by atoms with Crippen molar-refractivity contribution in [1.82, 2.24) is 10.9 Å². The Morgan fingerprint density at radius 1 is 1.14 bits per heavy atom. The highest BCUT2D eigenvalue weighted by Gasteiger charge is 2.16. The van der Waals surface area contributed by atoms with Crippen molar-refractivity contribution >= 4 is 11.8 Å². The molecule has 0 aliphatic rings. The maximum atomic E-state index is 11.9. The Kier molecular flexibility index (Phi) is 6.89. The zero-order valence-electron chi connectivity index (χ0n) is 14.0. The van der Waals surface area contributed by atoms with E-state index < -0.39 is 6.10 Å². The van der Waals surface area contributed by atoms with Gasteiger partial charge in [0.25, 0.3) is 5.91 Å². The van der Waals surface area contributed by atoms with Crippen LogP contribution >= 0.6 is 0 Å². The van der Waals surface area contributed by atoms with Gasteiger partial charge in [0.15, 0.2) is 6.10 Å². The lowest BCUT2D eigenvalue weighted by Gasteiger charge is -2.17. The highest BCUT2D eigenvalue weighted by atomic mass is 16.5. The van der Waals surface area contributed by atoms with Crippen LogP contribution in [0.4, 0.5) is 0 Å². The summed E-state index contributed by atoms with van der Waals surface area (Å²) in [7, 11) is 0. The minimum Gasteiger partial charge on any atom is -0.481 e. The lowest BCUT2D eigenvalue weighted by atomic mass is 10.1. The molecule has 0 aliphatic carbocycles. The Hall–Kier alpha value is -2.04. The molecule has 1 rings (SSSR count). The molecule has 0 aliphatic heterocycles. The molecule has 122 valence electrons. The molecule has 0 aromatic heterocycles. The van der Waals surface area contributed by atoms with Crippen LogP contribution in [0.3, 0.4) is 0 Å². The number of amides is 2. The van der Waals surface area contributed by atoms with Crippen LogP contribution in [0.25, 0.3) is 0 Å². The number of hydrogen-bond acceptors (Lipinski definition) is 3. The van der Waals surface area contributed by atoms with E-state index in [9.17, 15) is 9.59 Å². The van der Waals surface area contributed by atoms with Crippen molar-refractivity contribution < 1.29 is 14.3 Å². The second-order valence-electron chi connectivity index (χ2n) is 5.93. The van der Waals surface area contributed by atoms with E-state index in [0.717, 1.165) is 17.5 Å². The summed E-state index contributed by atoms with van der Waals surface area (Å²) < 4.78 is 5.65. The quantitative estimate of drug-likeness (QED) is 0.794. The third-order valence-corrected chi connectivity index (χ3v) is 3.50. The van der Waals surface area contributed by atoms with Crippen LogP contribution in [0.2, 0.25) is 0 Å². The number of rotatable bonds is 6. The molecule has 0 saturated heterocycles. The van der Waals surface area contributed by atoms with E-state index in [0.29, 0.717) is 18.1 Å². The van der Waals surface area contributed by atoms with Gasteiger partial charge in [-0.15, -0.1) is 0 Å². The molecule has 0 radical (unpaired) electrons. The van der Waals surface area contributed by atoms with Crippen LogP contribution in [-0.4, -0.2) is 17.9 Å². The Bertz CT molecular complexity index is 527. The Balaban J connectivity index is 2.45. The number of hydrogen-bond donors (Lipinski definition) is 2. The number of carbonyl (C=O) groups excluding carboxylic acids is 2. The van der Waals surface area contributed by atoms with E-state index in [4.69, 9.17) is 4.74 Å². The van der Waals surface area contributed by atoms with Crippen molar-refractivity contribution in [2.45, 2.75) is 53.6 Å². The van der Waals surface area contributed by atoms with Crippen molar-refractivity contribution in [2.75, 3.05) is 0 Å². The Morgan fingerprint density at radius 2 is 1.82 bits per heavy atom. The average molecular weight is 306 g/mol. The molecule has 5 heteroatoms. The maximum Gasteiger partial charge on any atom is 0.279 e. The van der Waals surface area contributed by atoms with E-state index >= 15 is 0 Å². The summed E-state index contributed by atoms with van der Waals surface area (Å²) in [6.45, 7) is 9.68. The number of aryl methyl sites for hydroxylation is 1. The number of ether oxygens (including phenoxy) is 1. The molecular formula is C17H26N2O3. The van der Waals surface area contributed by atoms with E-state index in [1.807, 2.05) is 45.9 Å². The van der Waals surface area contributed by atoms with Crippen LogP contribution in [0.15, 0.2) is 18.2 Å². The first kappa shape index (κ1) is 18.0. The minimum atomic E-state index is -0.689. The monoisotopic (exact) mass is 306 g/mol. The van der Waals surface area contributed by atoms with Crippen LogP contribution in [-0.2, 0) is 9.59 Å². The molecule has 22 heavy (non-hydrogen) atoms. The van der Waals surface area contributed by atoms with Gasteiger partial charge in [-0.1, -0.05) is 26.0 Å². The normalized spacial score (nSPS) is 11.9. The molecule has 1 aromatic carbocycles. The highest BCUT2D eigenvalue weighted by Crippen LogP contribution is 2.21. The maximum absolute atomic E-state index is 11.9. The molecule has 1 unspecified atom stereocenters. The third kappa shape index (κ3) is 5.76. The van der Waals surface area contributed by atoms with E-state index in [1.54, 1.807) is 6.92 Å². The molecule has 0 saturated carbocycles. The topological polar surface area (TPSA) is 67.4 Å². The summed E-state index contributed by atoms with van der Waals surface area (Å²) in [5.74, 6) is 0.557. The van der Waals surface area contributed by atoms with Gasteiger partial charge in [0.05, 0.1) is 0 Å². The van der Waals surface area contributed by atoms with Gasteiger partial charge in [-0.3, -0.25) is 20.4 Å². The molecule has 0 heterocycles. The lowest BCUT2D eigenvalue weighted by Crippen LogP contribution is -2.47. The predicted molar refractivity (Wildman–Crippen MR) is 86.4 cm³/mol. The smallest absolute Gasteiger partial charge is 0.279 e. The van der Waals surface area contributed by atoms with Gasteiger partial charge in [-0.2, -0.15) is 0 Å². The highest BCUT2D eigenvalue weighted by molar-refractivity contribution is 5.84. The molecule has 1 aromatic rings. The Morgan fingerprint density at radius 3 is 2.45 bits per heavy atom. The van der Waals surface area contributed by atoms with Gasteiger partial charge in [-0.25, -0.2) is 0 Å². The number of carbonyl (C=O) groups is 2. The van der Waals surface area contributed by atoms with Crippen LogP contribution in [0, 0.1) is 19.8 Å². The summed E-state index contributed by atoms with van der Waals surface area (Å²) in [6.07, 6.45) is 0.492. The van der Waals surface area contributed by atoms with Gasteiger partial charge in [0.1, 0.15) is 5.75 Å². The van der Waals surface area contributed by atoms with Gasteiger partial charge >= 0.3 is 0 Å². The molecule has 0 bridgehead atoms. The van der Waals surface area contributed by atoms with Crippen LogP contribution < -0.4 is 15.6 Å². The first-order valence-corrected chi connectivity index (χ1v) is 7.62. The fraction of sp³-hybridized carbons (Fsp3) is 0.529. The fourth-order valence-electron chi connectivity index (χ4n) is 1.81. The fourth-order valence-corrected chi connectivity index (χ4v) is 1.81. The zero-order valence-corrected chi connectivity index (χ0v) is 14.0. The summed E-state index contributed by atoms with van der Waals surface area (Å²) in [5, 5.41) is 0. The molecule has 2 N–H and O–H groups in total. The van der Waals surface area contributed by atoms with E-state index in [-0.39, 0.29) is 11.8 Å².